The van der Waals surface area contributed by atoms with Gasteiger partial charge in [0.1, 0.15) is 11.2 Å². The highest BCUT2D eigenvalue weighted by Crippen LogP contribution is 2.29. The molecule has 0 spiro atoms. The number of aryl methyl sites for hydroxylation is 1. The number of unbranched alkanes of at least 4 members (excludes halogenated alkanes) is 2. The van der Waals surface area contributed by atoms with Crippen LogP contribution >= 0.6 is 0 Å². The normalized spacial score (nSPS) is 11.5. The van der Waals surface area contributed by atoms with E-state index in [1.807, 2.05) is 12.1 Å². The zero-order valence-corrected chi connectivity index (χ0v) is 12.7. The molecule has 2 nitrogen and oxygen atoms in total. The van der Waals surface area contributed by atoms with Crippen LogP contribution in [0.5, 0.6) is 0 Å². The van der Waals surface area contributed by atoms with Gasteiger partial charge in [-0.05, 0) is 56.1 Å². The molecule has 1 aromatic heterocycles. The molecule has 1 N–H and O–H groups in total. The maximum atomic E-state index is 5.87. The first kappa shape index (κ1) is 14.2. The lowest BCUT2D eigenvalue weighted by molar-refractivity contribution is 0.616. The summed E-state index contributed by atoms with van der Waals surface area (Å²) in [4.78, 5) is 0. The van der Waals surface area contributed by atoms with Gasteiger partial charge < -0.3 is 9.73 Å². The number of benzene rings is 2. The van der Waals surface area contributed by atoms with Crippen LogP contribution in [0.2, 0.25) is 0 Å². The van der Waals surface area contributed by atoms with Crippen LogP contribution in [-0.4, -0.2) is 13.1 Å². The van der Waals surface area contributed by atoms with Gasteiger partial charge in [0.15, 0.2) is 0 Å². The molecule has 0 saturated carbocycles. The van der Waals surface area contributed by atoms with Crippen LogP contribution in [0.15, 0.2) is 46.9 Å². The van der Waals surface area contributed by atoms with Gasteiger partial charge >= 0.3 is 0 Å². The lowest BCUT2D eigenvalue weighted by atomic mass is 10.0. The predicted octanol–water partition coefficient (Wildman–Crippen LogP) is 4.91. The van der Waals surface area contributed by atoms with Crippen LogP contribution < -0.4 is 5.32 Å². The van der Waals surface area contributed by atoms with Crippen molar-refractivity contribution in [2.75, 3.05) is 13.1 Å². The molecule has 3 rings (SSSR count). The van der Waals surface area contributed by atoms with Crippen LogP contribution in [0.3, 0.4) is 0 Å². The lowest BCUT2D eigenvalue weighted by Crippen LogP contribution is -2.13. The molecule has 0 unspecified atom stereocenters. The van der Waals surface area contributed by atoms with E-state index in [1.54, 1.807) is 0 Å². The highest BCUT2D eigenvalue weighted by atomic mass is 16.3. The van der Waals surface area contributed by atoms with Gasteiger partial charge in [0.05, 0.1) is 0 Å². The van der Waals surface area contributed by atoms with Crippen LogP contribution in [0, 0.1) is 0 Å². The van der Waals surface area contributed by atoms with Gasteiger partial charge in [-0.3, -0.25) is 0 Å². The van der Waals surface area contributed by atoms with Gasteiger partial charge in [-0.2, -0.15) is 0 Å². The van der Waals surface area contributed by atoms with Crippen LogP contribution in [-0.2, 0) is 6.42 Å². The van der Waals surface area contributed by atoms with Gasteiger partial charge in [0, 0.05) is 10.8 Å². The summed E-state index contributed by atoms with van der Waals surface area (Å²) < 4.78 is 5.87. The second-order valence-corrected chi connectivity index (χ2v) is 5.59. The number of hydrogen-bond donors (Lipinski definition) is 1. The zero-order valence-electron chi connectivity index (χ0n) is 12.7. The van der Waals surface area contributed by atoms with Crippen molar-refractivity contribution >= 4 is 21.9 Å². The molecule has 2 heteroatoms. The molecule has 0 aliphatic heterocycles. The van der Waals surface area contributed by atoms with Crippen molar-refractivity contribution in [1.29, 1.82) is 0 Å². The standard InChI is InChI=1S/C19H23NO/c1-2-20-13-7-3-4-8-15-11-12-19-17(14-15)16-9-5-6-10-18(16)21-19/h5-6,9-12,14,20H,2-4,7-8,13H2,1H3. The Hall–Kier alpha value is -1.80. The summed E-state index contributed by atoms with van der Waals surface area (Å²) in [6, 6.07) is 14.9. The van der Waals surface area contributed by atoms with Crippen molar-refractivity contribution in [2.45, 2.75) is 32.6 Å². The number of para-hydroxylation sites is 1. The van der Waals surface area contributed by atoms with Crippen molar-refractivity contribution in [2.24, 2.45) is 0 Å². The Kier molecular flexibility index (Phi) is 4.56. The number of hydrogen-bond acceptors (Lipinski definition) is 2. The summed E-state index contributed by atoms with van der Waals surface area (Å²) in [6.07, 6.45) is 4.97. The van der Waals surface area contributed by atoms with E-state index < -0.39 is 0 Å². The molecule has 0 amide bonds. The van der Waals surface area contributed by atoms with E-state index in [9.17, 15) is 0 Å². The van der Waals surface area contributed by atoms with Crippen molar-refractivity contribution in [3.05, 3.63) is 48.0 Å². The Balaban J connectivity index is 1.68. The molecular weight excluding hydrogens is 258 g/mol. The first-order valence-corrected chi connectivity index (χ1v) is 7.99. The smallest absolute Gasteiger partial charge is 0.135 e. The number of furan rings is 1. The topological polar surface area (TPSA) is 25.2 Å². The van der Waals surface area contributed by atoms with Gasteiger partial charge in [-0.15, -0.1) is 0 Å². The fourth-order valence-corrected chi connectivity index (χ4v) is 2.86. The van der Waals surface area contributed by atoms with E-state index in [0.717, 1.165) is 30.7 Å². The number of fused-ring (bicyclic) bond motifs is 3. The third-order valence-electron chi connectivity index (χ3n) is 4.01. The molecule has 0 radical (unpaired) electrons. The minimum Gasteiger partial charge on any atom is -0.456 e. The number of rotatable bonds is 7. The maximum Gasteiger partial charge on any atom is 0.135 e. The summed E-state index contributed by atoms with van der Waals surface area (Å²) in [5.41, 5.74) is 3.39. The third kappa shape index (κ3) is 3.27. The van der Waals surface area contributed by atoms with Crippen molar-refractivity contribution in [1.82, 2.24) is 5.32 Å². The minimum absolute atomic E-state index is 0.982. The quantitative estimate of drug-likeness (QED) is 0.623. The van der Waals surface area contributed by atoms with E-state index in [0.29, 0.717) is 0 Å². The summed E-state index contributed by atoms with van der Waals surface area (Å²) >= 11 is 0. The molecule has 0 bridgehead atoms. The Morgan fingerprint density at radius 3 is 2.67 bits per heavy atom. The first-order chi connectivity index (χ1) is 10.4. The third-order valence-corrected chi connectivity index (χ3v) is 4.01. The molecule has 0 aliphatic rings. The molecule has 0 atom stereocenters. The monoisotopic (exact) mass is 281 g/mol. The molecule has 2 aromatic carbocycles. The summed E-state index contributed by atoms with van der Waals surface area (Å²) in [7, 11) is 0. The Bertz CT molecular complexity index is 714. The van der Waals surface area contributed by atoms with E-state index in [2.05, 4.69) is 42.6 Å². The van der Waals surface area contributed by atoms with Gasteiger partial charge in [0.25, 0.3) is 0 Å². The van der Waals surface area contributed by atoms with Gasteiger partial charge in [-0.25, -0.2) is 0 Å². The number of nitrogens with one attached hydrogen (secondary N) is 1. The molecule has 0 aliphatic carbocycles. The second kappa shape index (κ2) is 6.77. The molecule has 110 valence electrons. The van der Waals surface area contributed by atoms with Crippen molar-refractivity contribution in [3.8, 4) is 0 Å². The maximum absolute atomic E-state index is 5.87. The van der Waals surface area contributed by atoms with Crippen LogP contribution in [0.25, 0.3) is 21.9 Å². The van der Waals surface area contributed by atoms with E-state index >= 15 is 0 Å². The molecule has 21 heavy (non-hydrogen) atoms. The average Bonchev–Trinajstić information content (AvgIpc) is 2.89. The Labute approximate surface area is 126 Å². The largest absolute Gasteiger partial charge is 0.456 e. The predicted molar refractivity (Wildman–Crippen MR) is 89.8 cm³/mol. The minimum atomic E-state index is 0.982. The molecule has 3 aromatic rings. The first-order valence-electron chi connectivity index (χ1n) is 7.99. The van der Waals surface area contributed by atoms with Gasteiger partial charge in [0.2, 0.25) is 0 Å². The van der Waals surface area contributed by atoms with Crippen molar-refractivity contribution < 1.29 is 4.42 Å². The lowest BCUT2D eigenvalue weighted by Gasteiger charge is -2.03. The highest BCUT2D eigenvalue weighted by molar-refractivity contribution is 6.04. The fourth-order valence-electron chi connectivity index (χ4n) is 2.86. The molecular formula is C19H23NO. The summed E-state index contributed by atoms with van der Waals surface area (Å²) in [6.45, 7) is 4.37. The average molecular weight is 281 g/mol. The van der Waals surface area contributed by atoms with Crippen LogP contribution in [0.1, 0.15) is 31.7 Å². The zero-order chi connectivity index (χ0) is 14.5. The van der Waals surface area contributed by atoms with E-state index in [-0.39, 0.29) is 0 Å². The van der Waals surface area contributed by atoms with E-state index in [4.69, 9.17) is 4.42 Å². The summed E-state index contributed by atoms with van der Waals surface area (Å²) in [5.74, 6) is 0. The highest BCUT2D eigenvalue weighted by Gasteiger charge is 2.06. The SMILES string of the molecule is CCNCCCCCc1ccc2oc3ccccc3c2c1. The van der Waals surface area contributed by atoms with Crippen molar-refractivity contribution in [3.63, 3.8) is 0 Å². The van der Waals surface area contributed by atoms with Gasteiger partial charge in [-0.1, -0.05) is 37.6 Å². The molecule has 1 heterocycles. The second-order valence-electron chi connectivity index (χ2n) is 5.59. The molecule has 0 saturated heterocycles. The Morgan fingerprint density at radius 1 is 0.905 bits per heavy atom. The molecule has 0 fully saturated rings. The fraction of sp³-hybridized carbons (Fsp3) is 0.368. The van der Waals surface area contributed by atoms with Crippen LogP contribution in [0.4, 0.5) is 0 Å². The summed E-state index contributed by atoms with van der Waals surface area (Å²) in [5, 5.41) is 5.85. The van der Waals surface area contributed by atoms with E-state index in [1.165, 1.54) is 35.6 Å². The Morgan fingerprint density at radius 2 is 1.76 bits per heavy atom.